The first kappa shape index (κ1) is 23.3. The van der Waals surface area contributed by atoms with Crippen molar-refractivity contribution in [3.63, 3.8) is 0 Å². The molecule has 1 aliphatic carbocycles. The lowest BCUT2D eigenvalue weighted by Crippen LogP contribution is -2.50. The van der Waals surface area contributed by atoms with E-state index < -0.39 is 30.1 Å². The molecule has 0 aliphatic heterocycles. The van der Waals surface area contributed by atoms with Gasteiger partial charge in [0.05, 0.1) is 0 Å². The molecule has 0 saturated heterocycles. The number of nitrogens with one attached hydrogen (secondary N) is 2. The summed E-state index contributed by atoms with van der Waals surface area (Å²) in [6, 6.07) is 15.2. The number of aliphatic hydroxyl groups is 1. The molecule has 2 amide bonds. The topological polar surface area (TPSA) is 125 Å². The first-order valence-corrected chi connectivity index (χ1v) is 10.6. The van der Waals surface area contributed by atoms with E-state index in [0.29, 0.717) is 0 Å². The van der Waals surface area contributed by atoms with E-state index in [0.717, 1.165) is 22.3 Å². The van der Waals surface area contributed by atoms with Gasteiger partial charge >= 0.3 is 12.1 Å². The second-order valence-electron chi connectivity index (χ2n) is 8.13. The SMILES string of the molecule is CC(C)[C@H](NC(=O)OCC1c2ccccc2-c2ccccc21)C(=O)NCC[C@H](O)C(=O)O. The van der Waals surface area contributed by atoms with Crippen molar-refractivity contribution in [3.05, 3.63) is 59.7 Å². The van der Waals surface area contributed by atoms with Crippen molar-refractivity contribution in [1.29, 1.82) is 0 Å². The van der Waals surface area contributed by atoms with Crippen molar-refractivity contribution in [2.24, 2.45) is 5.92 Å². The number of fused-ring (bicyclic) bond motifs is 3. The van der Waals surface area contributed by atoms with Crippen LogP contribution in [0.2, 0.25) is 0 Å². The highest BCUT2D eigenvalue weighted by atomic mass is 16.5. The Bertz CT molecular complexity index is 944. The fourth-order valence-corrected chi connectivity index (χ4v) is 3.87. The molecule has 2 aromatic carbocycles. The molecule has 0 bridgehead atoms. The Morgan fingerprint density at radius 1 is 1.00 bits per heavy atom. The average Bonchev–Trinajstić information content (AvgIpc) is 3.09. The van der Waals surface area contributed by atoms with Gasteiger partial charge in [-0.05, 0) is 28.2 Å². The summed E-state index contributed by atoms with van der Waals surface area (Å²) in [4.78, 5) is 35.6. The molecule has 0 radical (unpaired) electrons. The van der Waals surface area contributed by atoms with Gasteiger partial charge in [-0.25, -0.2) is 9.59 Å². The number of ether oxygens (including phenoxy) is 1. The highest BCUT2D eigenvalue weighted by Gasteiger charge is 2.30. The zero-order valence-electron chi connectivity index (χ0n) is 18.1. The van der Waals surface area contributed by atoms with E-state index in [4.69, 9.17) is 9.84 Å². The quantitative estimate of drug-likeness (QED) is 0.475. The molecular weight excluding hydrogens is 412 g/mol. The molecule has 2 aromatic rings. The molecule has 32 heavy (non-hydrogen) atoms. The first-order chi connectivity index (χ1) is 15.3. The summed E-state index contributed by atoms with van der Waals surface area (Å²) >= 11 is 0. The van der Waals surface area contributed by atoms with Gasteiger partial charge in [0, 0.05) is 18.9 Å². The molecule has 1 aliphatic rings. The summed E-state index contributed by atoms with van der Waals surface area (Å²) in [5, 5.41) is 23.1. The van der Waals surface area contributed by atoms with Crippen molar-refractivity contribution in [3.8, 4) is 11.1 Å². The first-order valence-electron chi connectivity index (χ1n) is 10.6. The van der Waals surface area contributed by atoms with Gasteiger partial charge in [0.25, 0.3) is 0 Å². The van der Waals surface area contributed by atoms with Gasteiger partial charge < -0.3 is 25.6 Å². The van der Waals surface area contributed by atoms with Gasteiger partial charge in [-0.1, -0.05) is 62.4 Å². The number of hydrogen-bond donors (Lipinski definition) is 4. The van der Waals surface area contributed by atoms with Crippen LogP contribution >= 0.6 is 0 Å². The Labute approximate surface area is 186 Å². The fraction of sp³-hybridized carbons (Fsp3) is 0.375. The van der Waals surface area contributed by atoms with Crippen LogP contribution in [0.4, 0.5) is 4.79 Å². The Kier molecular flexibility index (Phi) is 7.48. The lowest BCUT2D eigenvalue weighted by molar-refractivity contribution is -0.147. The molecular formula is C24H28N2O6. The molecule has 170 valence electrons. The lowest BCUT2D eigenvalue weighted by atomic mass is 9.98. The van der Waals surface area contributed by atoms with Crippen LogP contribution in [-0.4, -0.2) is 53.5 Å². The van der Waals surface area contributed by atoms with Gasteiger partial charge in [0.2, 0.25) is 5.91 Å². The van der Waals surface area contributed by atoms with Crippen molar-refractivity contribution in [2.45, 2.75) is 38.3 Å². The monoisotopic (exact) mass is 440 g/mol. The molecule has 8 heteroatoms. The number of aliphatic carboxylic acids is 1. The normalized spacial score (nSPS) is 14.2. The van der Waals surface area contributed by atoms with Crippen molar-refractivity contribution in [1.82, 2.24) is 10.6 Å². The minimum atomic E-state index is -1.55. The fourth-order valence-electron chi connectivity index (χ4n) is 3.87. The molecule has 0 fully saturated rings. The smallest absolute Gasteiger partial charge is 0.407 e. The summed E-state index contributed by atoms with van der Waals surface area (Å²) < 4.78 is 5.50. The van der Waals surface area contributed by atoms with Crippen LogP contribution in [0.1, 0.15) is 37.3 Å². The van der Waals surface area contributed by atoms with E-state index in [-0.39, 0.29) is 31.4 Å². The van der Waals surface area contributed by atoms with Crippen LogP contribution in [0, 0.1) is 5.92 Å². The predicted molar refractivity (Wildman–Crippen MR) is 118 cm³/mol. The Hall–Kier alpha value is -3.39. The molecule has 2 atom stereocenters. The number of carboxylic acid groups (broad SMARTS) is 1. The lowest BCUT2D eigenvalue weighted by Gasteiger charge is -2.22. The van der Waals surface area contributed by atoms with E-state index in [1.54, 1.807) is 13.8 Å². The number of benzene rings is 2. The van der Waals surface area contributed by atoms with E-state index in [9.17, 15) is 19.5 Å². The molecule has 0 heterocycles. The number of carbonyl (C=O) groups is 3. The summed E-state index contributed by atoms with van der Waals surface area (Å²) in [5.41, 5.74) is 4.44. The second kappa shape index (κ2) is 10.3. The van der Waals surface area contributed by atoms with Crippen LogP contribution in [-0.2, 0) is 14.3 Å². The Morgan fingerprint density at radius 3 is 2.09 bits per heavy atom. The minimum Gasteiger partial charge on any atom is -0.479 e. The van der Waals surface area contributed by atoms with Gasteiger partial charge in [0.15, 0.2) is 6.10 Å². The van der Waals surface area contributed by atoms with Gasteiger partial charge in [-0.15, -0.1) is 0 Å². The number of carboxylic acids is 1. The van der Waals surface area contributed by atoms with Crippen LogP contribution in [0.3, 0.4) is 0 Å². The van der Waals surface area contributed by atoms with Crippen LogP contribution in [0.15, 0.2) is 48.5 Å². The van der Waals surface area contributed by atoms with Crippen LogP contribution < -0.4 is 10.6 Å². The third kappa shape index (κ3) is 5.26. The third-order valence-electron chi connectivity index (χ3n) is 5.57. The van der Waals surface area contributed by atoms with E-state index >= 15 is 0 Å². The maximum absolute atomic E-state index is 12.5. The molecule has 8 nitrogen and oxygen atoms in total. The van der Waals surface area contributed by atoms with E-state index in [1.807, 2.05) is 36.4 Å². The third-order valence-corrected chi connectivity index (χ3v) is 5.57. The highest BCUT2D eigenvalue weighted by Crippen LogP contribution is 2.44. The highest BCUT2D eigenvalue weighted by molar-refractivity contribution is 5.86. The van der Waals surface area contributed by atoms with Crippen molar-refractivity contribution in [2.75, 3.05) is 13.2 Å². The number of hydrogen-bond acceptors (Lipinski definition) is 5. The van der Waals surface area contributed by atoms with Crippen molar-refractivity contribution >= 4 is 18.0 Å². The summed E-state index contributed by atoms with van der Waals surface area (Å²) in [6.07, 6.45) is -2.38. The predicted octanol–water partition coefficient (Wildman–Crippen LogP) is 2.50. The number of rotatable bonds is 9. The van der Waals surface area contributed by atoms with Crippen LogP contribution in [0.25, 0.3) is 11.1 Å². The molecule has 0 unspecified atom stereocenters. The van der Waals surface area contributed by atoms with E-state index in [2.05, 4.69) is 22.8 Å². The number of aliphatic hydroxyl groups excluding tert-OH is 1. The Morgan fingerprint density at radius 2 is 1.56 bits per heavy atom. The standard InChI is InChI=1S/C24H28N2O6/c1-14(2)21(22(28)25-12-11-20(27)23(29)30)26-24(31)32-13-19-17-9-5-3-7-15(17)16-8-4-6-10-18(16)19/h3-10,14,19-21,27H,11-13H2,1-2H3,(H,25,28)(H,26,31)(H,29,30)/t20-,21-/m0/s1. The second-order valence-corrected chi connectivity index (χ2v) is 8.13. The minimum absolute atomic E-state index is 0.0259. The number of carbonyl (C=O) groups excluding carboxylic acids is 2. The molecule has 3 rings (SSSR count). The number of alkyl carbamates (subject to hydrolysis) is 1. The van der Waals surface area contributed by atoms with Crippen molar-refractivity contribution < 1.29 is 29.3 Å². The molecule has 0 spiro atoms. The van der Waals surface area contributed by atoms with Gasteiger partial charge in [-0.2, -0.15) is 0 Å². The Balaban J connectivity index is 1.58. The van der Waals surface area contributed by atoms with Gasteiger partial charge in [0.1, 0.15) is 12.6 Å². The molecule has 0 saturated carbocycles. The summed E-state index contributed by atoms with van der Waals surface area (Å²) in [6.45, 7) is 3.67. The average molecular weight is 440 g/mol. The zero-order valence-corrected chi connectivity index (χ0v) is 18.1. The van der Waals surface area contributed by atoms with Gasteiger partial charge in [-0.3, -0.25) is 4.79 Å². The summed E-state index contributed by atoms with van der Waals surface area (Å²) in [7, 11) is 0. The maximum Gasteiger partial charge on any atom is 0.407 e. The summed E-state index contributed by atoms with van der Waals surface area (Å²) in [5.74, 6) is -2.13. The largest absolute Gasteiger partial charge is 0.479 e. The zero-order chi connectivity index (χ0) is 23.3. The van der Waals surface area contributed by atoms with E-state index in [1.165, 1.54) is 0 Å². The van der Waals surface area contributed by atoms with Crippen LogP contribution in [0.5, 0.6) is 0 Å². The molecule has 0 aromatic heterocycles. The molecule has 4 N–H and O–H groups in total. The maximum atomic E-state index is 12.5. The number of amides is 2.